The number of imidazole rings is 1. The van der Waals surface area contributed by atoms with Crippen LogP contribution in [0.15, 0.2) is 60.0 Å². The van der Waals surface area contributed by atoms with Crippen molar-refractivity contribution in [3.05, 3.63) is 77.0 Å². The maximum absolute atomic E-state index is 13.0. The first-order chi connectivity index (χ1) is 12.6. The molecule has 0 amide bonds. The van der Waals surface area contributed by atoms with Crippen molar-refractivity contribution in [3.63, 3.8) is 0 Å². The number of aryl methyl sites for hydroxylation is 3. The lowest BCUT2D eigenvalue weighted by atomic mass is 10.0. The third-order valence-corrected chi connectivity index (χ3v) is 4.65. The fraction of sp³-hybridized carbons (Fsp3) is 0.263. The third-order valence-electron chi connectivity index (χ3n) is 4.65. The first-order valence-electron chi connectivity index (χ1n) is 8.56. The average molecular weight is 348 g/mol. The molecule has 0 spiro atoms. The van der Waals surface area contributed by atoms with Gasteiger partial charge in [-0.15, -0.1) is 0 Å². The minimum absolute atomic E-state index is 0.119. The Hall–Kier alpha value is -3.22. The van der Waals surface area contributed by atoms with Gasteiger partial charge < -0.3 is 4.57 Å². The molecule has 4 aromatic rings. The molecule has 4 rings (SSSR count). The van der Waals surface area contributed by atoms with Gasteiger partial charge in [0.05, 0.1) is 18.6 Å². The molecule has 0 bridgehead atoms. The molecule has 0 saturated heterocycles. The van der Waals surface area contributed by atoms with Gasteiger partial charge in [-0.1, -0.05) is 30.3 Å². The number of nitrogens with zero attached hydrogens (tertiary/aromatic N) is 6. The molecule has 1 aromatic carbocycles. The number of hydrogen-bond acceptors (Lipinski definition) is 4. The summed E-state index contributed by atoms with van der Waals surface area (Å²) < 4.78 is 5.40. The van der Waals surface area contributed by atoms with Crippen LogP contribution in [0.4, 0.5) is 0 Å². The number of benzene rings is 1. The van der Waals surface area contributed by atoms with Gasteiger partial charge in [0.2, 0.25) is 0 Å². The van der Waals surface area contributed by atoms with E-state index in [1.165, 1.54) is 0 Å². The SMILES string of the molecule is Cc1nccn1CC[C@@H](c1ccccc1)n1cnc2cn(C)nc2c1=O. The van der Waals surface area contributed by atoms with Crippen LogP contribution >= 0.6 is 0 Å². The average Bonchev–Trinajstić information content (AvgIpc) is 3.23. The fourth-order valence-electron chi connectivity index (χ4n) is 3.29. The standard InChI is InChI=1S/C19H20N6O/c1-14-20-9-11-24(14)10-8-17(15-6-4-3-5-7-15)25-13-21-16-12-23(2)22-18(16)19(25)26/h3-7,9,11-13,17H,8,10H2,1-2H3/t17-/m0/s1. The highest BCUT2D eigenvalue weighted by Crippen LogP contribution is 2.22. The Labute approximate surface area is 150 Å². The van der Waals surface area contributed by atoms with Crippen molar-refractivity contribution in [2.24, 2.45) is 7.05 Å². The highest BCUT2D eigenvalue weighted by Gasteiger charge is 2.18. The van der Waals surface area contributed by atoms with E-state index in [1.54, 1.807) is 35.0 Å². The van der Waals surface area contributed by atoms with E-state index in [0.29, 0.717) is 11.0 Å². The summed E-state index contributed by atoms with van der Waals surface area (Å²) in [6.45, 7) is 2.74. The number of hydrogen-bond donors (Lipinski definition) is 0. The summed E-state index contributed by atoms with van der Waals surface area (Å²) in [4.78, 5) is 21.7. The summed E-state index contributed by atoms with van der Waals surface area (Å²) in [6.07, 6.45) is 7.89. The quantitative estimate of drug-likeness (QED) is 0.555. The zero-order valence-electron chi connectivity index (χ0n) is 14.8. The van der Waals surface area contributed by atoms with E-state index in [-0.39, 0.29) is 11.6 Å². The second-order valence-corrected chi connectivity index (χ2v) is 6.38. The third kappa shape index (κ3) is 2.92. The molecule has 0 aliphatic heterocycles. The molecule has 0 unspecified atom stereocenters. The van der Waals surface area contributed by atoms with Crippen LogP contribution < -0.4 is 5.56 Å². The predicted octanol–water partition coefficient (Wildman–Crippen LogP) is 2.31. The molecule has 0 aliphatic rings. The molecule has 7 heteroatoms. The van der Waals surface area contributed by atoms with Crippen LogP contribution in [0.2, 0.25) is 0 Å². The van der Waals surface area contributed by atoms with Crippen molar-refractivity contribution >= 4 is 11.0 Å². The topological polar surface area (TPSA) is 70.5 Å². The lowest BCUT2D eigenvalue weighted by Crippen LogP contribution is -2.27. The van der Waals surface area contributed by atoms with Gasteiger partial charge in [0.1, 0.15) is 11.3 Å². The predicted molar refractivity (Wildman–Crippen MR) is 98.9 cm³/mol. The molecule has 132 valence electrons. The maximum Gasteiger partial charge on any atom is 0.282 e. The molecule has 7 nitrogen and oxygen atoms in total. The van der Waals surface area contributed by atoms with E-state index < -0.39 is 0 Å². The molecule has 0 N–H and O–H groups in total. The van der Waals surface area contributed by atoms with Gasteiger partial charge in [-0.3, -0.25) is 14.0 Å². The maximum atomic E-state index is 13.0. The van der Waals surface area contributed by atoms with Gasteiger partial charge in [0, 0.05) is 26.0 Å². The molecule has 0 saturated carbocycles. The van der Waals surface area contributed by atoms with Gasteiger partial charge in [-0.05, 0) is 18.9 Å². The van der Waals surface area contributed by atoms with Crippen molar-refractivity contribution in [1.29, 1.82) is 0 Å². The normalized spacial score (nSPS) is 12.5. The van der Waals surface area contributed by atoms with E-state index in [1.807, 2.05) is 43.5 Å². The highest BCUT2D eigenvalue weighted by molar-refractivity contribution is 5.71. The Morgan fingerprint density at radius 1 is 1.15 bits per heavy atom. The number of fused-ring (bicyclic) bond motifs is 1. The van der Waals surface area contributed by atoms with Crippen molar-refractivity contribution in [1.82, 2.24) is 28.9 Å². The Bertz CT molecular complexity index is 1090. The summed E-state index contributed by atoms with van der Waals surface area (Å²) in [7, 11) is 1.79. The van der Waals surface area contributed by atoms with E-state index in [4.69, 9.17) is 0 Å². The molecule has 0 aliphatic carbocycles. The van der Waals surface area contributed by atoms with E-state index in [9.17, 15) is 4.79 Å². The van der Waals surface area contributed by atoms with Crippen LogP contribution in [-0.2, 0) is 13.6 Å². The summed E-state index contributed by atoms with van der Waals surface area (Å²) >= 11 is 0. The van der Waals surface area contributed by atoms with Crippen LogP contribution in [0.5, 0.6) is 0 Å². The second kappa shape index (κ2) is 6.59. The number of rotatable bonds is 5. The molecular formula is C19H20N6O. The molecule has 0 radical (unpaired) electrons. The van der Waals surface area contributed by atoms with Crippen LogP contribution in [0.25, 0.3) is 11.0 Å². The smallest absolute Gasteiger partial charge is 0.282 e. The Balaban J connectivity index is 1.76. The summed E-state index contributed by atoms with van der Waals surface area (Å²) in [5.74, 6) is 0.961. The highest BCUT2D eigenvalue weighted by atomic mass is 16.1. The summed E-state index contributed by atoms with van der Waals surface area (Å²) in [5.41, 5.74) is 1.97. The van der Waals surface area contributed by atoms with Crippen LogP contribution in [0, 0.1) is 6.92 Å². The van der Waals surface area contributed by atoms with Gasteiger partial charge in [-0.2, -0.15) is 5.10 Å². The van der Waals surface area contributed by atoms with Gasteiger partial charge in [-0.25, -0.2) is 9.97 Å². The molecule has 0 fully saturated rings. The van der Waals surface area contributed by atoms with Crippen molar-refractivity contribution in [2.45, 2.75) is 25.9 Å². The van der Waals surface area contributed by atoms with E-state index in [0.717, 1.165) is 24.4 Å². The van der Waals surface area contributed by atoms with E-state index >= 15 is 0 Å². The molecule has 26 heavy (non-hydrogen) atoms. The first-order valence-corrected chi connectivity index (χ1v) is 8.56. The fourth-order valence-corrected chi connectivity index (χ4v) is 3.29. The van der Waals surface area contributed by atoms with Gasteiger partial charge >= 0.3 is 0 Å². The first kappa shape index (κ1) is 16.3. The lowest BCUT2D eigenvalue weighted by Gasteiger charge is -2.20. The van der Waals surface area contributed by atoms with Crippen molar-refractivity contribution in [3.8, 4) is 0 Å². The monoisotopic (exact) mass is 348 g/mol. The van der Waals surface area contributed by atoms with Crippen LogP contribution in [0.3, 0.4) is 0 Å². The molecule has 1 atom stereocenters. The zero-order chi connectivity index (χ0) is 18.1. The largest absolute Gasteiger partial charge is 0.335 e. The molecular weight excluding hydrogens is 328 g/mol. The van der Waals surface area contributed by atoms with Crippen LogP contribution in [-0.4, -0.2) is 28.9 Å². The minimum Gasteiger partial charge on any atom is -0.335 e. The van der Waals surface area contributed by atoms with E-state index in [2.05, 4.69) is 19.6 Å². The Morgan fingerprint density at radius 2 is 1.96 bits per heavy atom. The lowest BCUT2D eigenvalue weighted by molar-refractivity contribution is 0.473. The van der Waals surface area contributed by atoms with Gasteiger partial charge in [0.15, 0.2) is 5.52 Å². The van der Waals surface area contributed by atoms with Crippen molar-refractivity contribution in [2.75, 3.05) is 0 Å². The molecule has 3 aromatic heterocycles. The Kier molecular flexibility index (Phi) is 4.12. The summed E-state index contributed by atoms with van der Waals surface area (Å²) in [5, 5.41) is 4.28. The Morgan fingerprint density at radius 3 is 2.69 bits per heavy atom. The minimum atomic E-state index is -0.121. The molecule has 3 heterocycles. The number of aromatic nitrogens is 6. The summed E-state index contributed by atoms with van der Waals surface area (Å²) in [6, 6.07) is 9.92. The van der Waals surface area contributed by atoms with Crippen molar-refractivity contribution < 1.29 is 0 Å². The zero-order valence-corrected chi connectivity index (χ0v) is 14.8. The van der Waals surface area contributed by atoms with Gasteiger partial charge in [0.25, 0.3) is 5.56 Å². The van der Waals surface area contributed by atoms with Crippen LogP contribution in [0.1, 0.15) is 23.9 Å². The second-order valence-electron chi connectivity index (χ2n) is 6.38.